The summed E-state index contributed by atoms with van der Waals surface area (Å²) in [5, 5.41) is 9.61. The molecule has 0 aliphatic rings. The van der Waals surface area contributed by atoms with Crippen LogP contribution in [-0.4, -0.2) is 11.4 Å². The molecule has 0 saturated heterocycles. The SMILES string of the molecule is CCC/C(C)=C/C(O)OCc1ccccc1. The van der Waals surface area contributed by atoms with Crippen LogP contribution in [-0.2, 0) is 11.3 Å². The molecule has 1 aromatic rings. The standard InChI is InChI=1S/C14H20O2/c1-3-7-12(2)10-14(15)16-11-13-8-5-4-6-9-13/h4-6,8-10,14-15H,3,7,11H2,1-2H3/b12-10+. The average molecular weight is 220 g/mol. The van der Waals surface area contributed by atoms with Crippen LogP contribution in [0.1, 0.15) is 32.3 Å². The van der Waals surface area contributed by atoms with Gasteiger partial charge in [-0.2, -0.15) is 0 Å². The number of hydrogen-bond acceptors (Lipinski definition) is 2. The van der Waals surface area contributed by atoms with Gasteiger partial charge in [0.25, 0.3) is 0 Å². The van der Waals surface area contributed by atoms with Gasteiger partial charge in [-0.05, 0) is 25.0 Å². The van der Waals surface area contributed by atoms with E-state index in [2.05, 4.69) is 6.92 Å². The lowest BCUT2D eigenvalue weighted by atomic mass is 10.1. The lowest BCUT2D eigenvalue weighted by molar-refractivity contribution is -0.0738. The minimum absolute atomic E-state index is 0.442. The van der Waals surface area contributed by atoms with Crippen LogP contribution in [0.5, 0.6) is 0 Å². The van der Waals surface area contributed by atoms with Crippen molar-refractivity contribution in [3.63, 3.8) is 0 Å². The van der Waals surface area contributed by atoms with Gasteiger partial charge < -0.3 is 9.84 Å². The van der Waals surface area contributed by atoms with E-state index in [-0.39, 0.29) is 0 Å². The molecule has 0 spiro atoms. The van der Waals surface area contributed by atoms with E-state index in [9.17, 15) is 5.11 Å². The van der Waals surface area contributed by atoms with E-state index in [0.717, 1.165) is 18.4 Å². The largest absolute Gasteiger partial charge is 0.365 e. The van der Waals surface area contributed by atoms with E-state index in [1.54, 1.807) is 6.08 Å². The van der Waals surface area contributed by atoms with Gasteiger partial charge in [0.05, 0.1) is 6.61 Å². The van der Waals surface area contributed by atoms with E-state index < -0.39 is 6.29 Å². The Hall–Kier alpha value is -1.12. The first kappa shape index (κ1) is 12.9. The summed E-state index contributed by atoms with van der Waals surface area (Å²) in [6.07, 6.45) is 3.07. The third kappa shape index (κ3) is 5.10. The molecule has 1 N–H and O–H groups in total. The minimum Gasteiger partial charge on any atom is -0.365 e. The first-order valence-electron chi connectivity index (χ1n) is 5.73. The Morgan fingerprint density at radius 1 is 1.38 bits per heavy atom. The molecule has 0 aromatic heterocycles. The summed E-state index contributed by atoms with van der Waals surface area (Å²) in [5.74, 6) is 0. The summed E-state index contributed by atoms with van der Waals surface area (Å²) in [6, 6.07) is 9.85. The molecule has 88 valence electrons. The topological polar surface area (TPSA) is 29.5 Å². The molecule has 1 rings (SSSR count). The average Bonchev–Trinajstić information content (AvgIpc) is 2.28. The summed E-state index contributed by atoms with van der Waals surface area (Å²) in [6.45, 7) is 4.57. The van der Waals surface area contributed by atoms with E-state index in [1.165, 1.54) is 5.57 Å². The monoisotopic (exact) mass is 220 g/mol. The molecular weight excluding hydrogens is 200 g/mol. The molecule has 16 heavy (non-hydrogen) atoms. The molecule has 0 bridgehead atoms. The second kappa shape index (κ2) is 7.20. The maximum Gasteiger partial charge on any atom is 0.174 e. The molecule has 0 aliphatic heterocycles. The summed E-state index contributed by atoms with van der Waals surface area (Å²) in [5.41, 5.74) is 2.24. The van der Waals surface area contributed by atoms with Gasteiger partial charge in [0.1, 0.15) is 0 Å². The number of allylic oxidation sites excluding steroid dienone is 1. The summed E-state index contributed by atoms with van der Waals surface area (Å²) >= 11 is 0. The summed E-state index contributed by atoms with van der Waals surface area (Å²) in [7, 11) is 0. The quantitative estimate of drug-likeness (QED) is 0.589. The Morgan fingerprint density at radius 3 is 2.69 bits per heavy atom. The molecule has 1 unspecified atom stereocenters. The van der Waals surface area contributed by atoms with Crippen molar-refractivity contribution < 1.29 is 9.84 Å². The van der Waals surface area contributed by atoms with Crippen LogP contribution >= 0.6 is 0 Å². The molecule has 2 nitrogen and oxygen atoms in total. The van der Waals surface area contributed by atoms with Gasteiger partial charge in [0, 0.05) is 0 Å². The number of rotatable bonds is 6. The van der Waals surface area contributed by atoms with E-state index in [0.29, 0.717) is 6.61 Å². The lowest BCUT2D eigenvalue weighted by Crippen LogP contribution is -2.09. The van der Waals surface area contributed by atoms with Crippen molar-refractivity contribution in [2.24, 2.45) is 0 Å². The molecule has 0 heterocycles. The van der Waals surface area contributed by atoms with Crippen molar-refractivity contribution in [1.82, 2.24) is 0 Å². The Labute approximate surface area is 97.6 Å². The predicted octanol–water partition coefficient (Wildman–Crippen LogP) is 3.27. The number of aliphatic hydroxyl groups excluding tert-OH is 1. The molecule has 0 saturated carbocycles. The van der Waals surface area contributed by atoms with E-state index in [4.69, 9.17) is 4.74 Å². The summed E-state index contributed by atoms with van der Waals surface area (Å²) in [4.78, 5) is 0. The van der Waals surface area contributed by atoms with Crippen molar-refractivity contribution in [3.05, 3.63) is 47.5 Å². The number of benzene rings is 1. The zero-order chi connectivity index (χ0) is 11.8. The van der Waals surface area contributed by atoms with Crippen LogP contribution in [0, 0.1) is 0 Å². The second-order valence-corrected chi connectivity index (χ2v) is 3.95. The minimum atomic E-state index is -0.799. The molecule has 1 aromatic carbocycles. The van der Waals surface area contributed by atoms with Crippen molar-refractivity contribution in [1.29, 1.82) is 0 Å². The van der Waals surface area contributed by atoms with Gasteiger partial charge in [-0.25, -0.2) is 0 Å². The molecule has 1 atom stereocenters. The molecule has 0 amide bonds. The number of aliphatic hydroxyl groups is 1. The fourth-order valence-corrected chi connectivity index (χ4v) is 1.53. The fraction of sp³-hybridized carbons (Fsp3) is 0.429. The molecule has 0 radical (unpaired) electrons. The molecule has 0 fully saturated rings. The molecule has 0 aliphatic carbocycles. The normalized spacial score (nSPS) is 13.8. The van der Waals surface area contributed by atoms with Gasteiger partial charge in [-0.15, -0.1) is 0 Å². The van der Waals surface area contributed by atoms with Gasteiger partial charge in [0.15, 0.2) is 6.29 Å². The highest BCUT2D eigenvalue weighted by molar-refractivity contribution is 5.13. The van der Waals surface area contributed by atoms with E-state index >= 15 is 0 Å². The maximum absolute atomic E-state index is 9.61. The zero-order valence-electron chi connectivity index (χ0n) is 10.0. The Morgan fingerprint density at radius 2 is 2.06 bits per heavy atom. The maximum atomic E-state index is 9.61. The zero-order valence-corrected chi connectivity index (χ0v) is 10.0. The summed E-state index contributed by atoms with van der Waals surface area (Å²) < 4.78 is 5.32. The van der Waals surface area contributed by atoms with Gasteiger partial charge in [-0.3, -0.25) is 0 Å². The Kier molecular flexibility index (Phi) is 5.83. The Bertz CT molecular complexity index is 317. The van der Waals surface area contributed by atoms with Crippen molar-refractivity contribution in [2.45, 2.75) is 39.6 Å². The van der Waals surface area contributed by atoms with Crippen molar-refractivity contribution in [3.8, 4) is 0 Å². The fourth-order valence-electron chi connectivity index (χ4n) is 1.53. The predicted molar refractivity (Wildman–Crippen MR) is 65.9 cm³/mol. The Balaban J connectivity index is 2.35. The van der Waals surface area contributed by atoms with Gasteiger partial charge in [-0.1, -0.05) is 49.2 Å². The van der Waals surface area contributed by atoms with Crippen LogP contribution in [0.4, 0.5) is 0 Å². The third-order valence-electron chi connectivity index (χ3n) is 2.34. The van der Waals surface area contributed by atoms with Crippen LogP contribution in [0.25, 0.3) is 0 Å². The van der Waals surface area contributed by atoms with Crippen LogP contribution < -0.4 is 0 Å². The highest BCUT2D eigenvalue weighted by Crippen LogP contribution is 2.07. The first-order chi connectivity index (χ1) is 7.72. The first-order valence-corrected chi connectivity index (χ1v) is 5.73. The van der Waals surface area contributed by atoms with Gasteiger partial charge >= 0.3 is 0 Å². The van der Waals surface area contributed by atoms with Crippen LogP contribution in [0.2, 0.25) is 0 Å². The van der Waals surface area contributed by atoms with Crippen molar-refractivity contribution >= 4 is 0 Å². The third-order valence-corrected chi connectivity index (χ3v) is 2.34. The second-order valence-electron chi connectivity index (χ2n) is 3.95. The van der Waals surface area contributed by atoms with Crippen molar-refractivity contribution in [2.75, 3.05) is 0 Å². The van der Waals surface area contributed by atoms with Gasteiger partial charge in [0.2, 0.25) is 0 Å². The molecular formula is C14H20O2. The van der Waals surface area contributed by atoms with Crippen LogP contribution in [0.3, 0.4) is 0 Å². The lowest BCUT2D eigenvalue weighted by Gasteiger charge is -2.09. The number of ether oxygens (including phenoxy) is 1. The molecule has 2 heteroatoms. The highest BCUT2D eigenvalue weighted by Gasteiger charge is 2.01. The smallest absolute Gasteiger partial charge is 0.174 e. The number of hydrogen-bond donors (Lipinski definition) is 1. The van der Waals surface area contributed by atoms with Crippen LogP contribution in [0.15, 0.2) is 42.0 Å². The van der Waals surface area contributed by atoms with E-state index in [1.807, 2.05) is 37.3 Å². The highest BCUT2D eigenvalue weighted by atomic mass is 16.6.